The Balaban J connectivity index is 2.05. The first-order valence-electron chi connectivity index (χ1n) is 5.89. The molecule has 7 heteroatoms. The van der Waals surface area contributed by atoms with E-state index in [-0.39, 0.29) is 5.03 Å². The first-order valence-corrected chi connectivity index (χ1v) is 7.37. The van der Waals surface area contributed by atoms with Crippen molar-refractivity contribution in [3.8, 4) is 0 Å². The molecule has 1 fully saturated rings. The summed E-state index contributed by atoms with van der Waals surface area (Å²) in [7, 11) is -3.45. The highest BCUT2D eigenvalue weighted by molar-refractivity contribution is 7.89. The van der Waals surface area contributed by atoms with E-state index < -0.39 is 10.0 Å². The van der Waals surface area contributed by atoms with Gasteiger partial charge in [0.05, 0.1) is 6.20 Å². The topological polar surface area (TPSA) is 86.9 Å². The van der Waals surface area contributed by atoms with E-state index >= 15 is 0 Å². The van der Waals surface area contributed by atoms with Crippen LogP contribution in [0, 0.1) is 0 Å². The maximum atomic E-state index is 11.9. The van der Waals surface area contributed by atoms with Crippen molar-refractivity contribution in [1.82, 2.24) is 20.2 Å². The molecule has 0 amide bonds. The molecular formula is C10H18N4O2S. The molecule has 1 aromatic heterocycles. The van der Waals surface area contributed by atoms with Crippen molar-refractivity contribution < 1.29 is 8.42 Å². The number of hydrogen-bond acceptors (Lipinski definition) is 4. The number of aromatic amines is 1. The van der Waals surface area contributed by atoms with Gasteiger partial charge in [0, 0.05) is 24.7 Å². The largest absolute Gasteiger partial charge is 0.310 e. The van der Waals surface area contributed by atoms with Gasteiger partial charge >= 0.3 is 0 Å². The van der Waals surface area contributed by atoms with Crippen LogP contribution in [0.15, 0.2) is 11.2 Å². The summed E-state index contributed by atoms with van der Waals surface area (Å²) in [6.45, 7) is 2.91. The minimum atomic E-state index is -3.45. The molecule has 1 saturated carbocycles. The molecule has 0 radical (unpaired) electrons. The number of sulfonamides is 1. The molecule has 0 unspecified atom stereocenters. The predicted octanol–water partition coefficient (Wildman–Crippen LogP) is 0.350. The van der Waals surface area contributed by atoms with Gasteiger partial charge in [-0.25, -0.2) is 13.1 Å². The molecule has 6 nitrogen and oxygen atoms in total. The molecule has 0 atom stereocenters. The van der Waals surface area contributed by atoms with Crippen LogP contribution in [0.5, 0.6) is 0 Å². The summed E-state index contributed by atoms with van der Waals surface area (Å²) < 4.78 is 26.4. The Bertz CT molecular complexity index is 464. The van der Waals surface area contributed by atoms with Crippen molar-refractivity contribution >= 4 is 10.0 Å². The quantitative estimate of drug-likeness (QED) is 0.658. The minimum absolute atomic E-state index is 0.180. The highest BCUT2D eigenvalue weighted by Crippen LogP contribution is 2.20. The molecule has 96 valence electrons. The second-order valence-electron chi connectivity index (χ2n) is 4.28. The Kier molecular flexibility index (Phi) is 3.80. The molecule has 0 aliphatic heterocycles. The van der Waals surface area contributed by atoms with Crippen molar-refractivity contribution in [2.45, 2.75) is 43.8 Å². The summed E-state index contributed by atoms with van der Waals surface area (Å²) in [4.78, 5) is 0. The van der Waals surface area contributed by atoms with E-state index in [0.717, 1.165) is 6.42 Å². The Morgan fingerprint density at radius 3 is 2.94 bits per heavy atom. The summed E-state index contributed by atoms with van der Waals surface area (Å²) in [5.74, 6) is 0. The Labute approximate surface area is 101 Å². The molecule has 17 heavy (non-hydrogen) atoms. The van der Waals surface area contributed by atoms with Gasteiger partial charge in [-0.2, -0.15) is 5.10 Å². The average molecular weight is 258 g/mol. The lowest BCUT2D eigenvalue weighted by Crippen LogP contribution is -2.26. The van der Waals surface area contributed by atoms with Gasteiger partial charge in [0.1, 0.15) is 0 Å². The number of hydrogen-bond donors (Lipinski definition) is 3. The van der Waals surface area contributed by atoms with E-state index in [1.165, 1.54) is 12.8 Å². The molecule has 3 N–H and O–H groups in total. The standard InChI is InChI=1S/C10H18N4O2S/c1-2-5-13-17(15,16)10-8(7-12-14-10)6-11-9-3-4-9/h7,9,11,13H,2-6H2,1H3,(H,12,14). The first kappa shape index (κ1) is 12.5. The third kappa shape index (κ3) is 3.27. The van der Waals surface area contributed by atoms with Crippen LogP contribution < -0.4 is 10.0 Å². The second-order valence-corrected chi connectivity index (χ2v) is 5.98. The molecule has 0 saturated heterocycles. The van der Waals surface area contributed by atoms with Gasteiger partial charge in [0.25, 0.3) is 10.0 Å². The van der Waals surface area contributed by atoms with Gasteiger partial charge in [0.15, 0.2) is 5.03 Å². The van der Waals surface area contributed by atoms with E-state index in [4.69, 9.17) is 0 Å². The molecule has 1 aliphatic rings. The monoisotopic (exact) mass is 258 g/mol. The molecule has 0 spiro atoms. The highest BCUT2D eigenvalue weighted by atomic mass is 32.2. The number of nitrogens with one attached hydrogen (secondary N) is 3. The van der Waals surface area contributed by atoms with Gasteiger partial charge in [-0.1, -0.05) is 6.92 Å². The number of aromatic nitrogens is 2. The fraction of sp³-hybridized carbons (Fsp3) is 0.700. The van der Waals surface area contributed by atoms with E-state index in [1.807, 2.05) is 6.92 Å². The minimum Gasteiger partial charge on any atom is -0.310 e. The number of nitrogens with zero attached hydrogens (tertiary/aromatic N) is 1. The zero-order chi connectivity index (χ0) is 12.3. The zero-order valence-corrected chi connectivity index (χ0v) is 10.7. The van der Waals surface area contributed by atoms with Crippen molar-refractivity contribution in [1.29, 1.82) is 0 Å². The van der Waals surface area contributed by atoms with Crippen molar-refractivity contribution in [3.63, 3.8) is 0 Å². The van der Waals surface area contributed by atoms with Crippen molar-refractivity contribution in [2.24, 2.45) is 0 Å². The molecular weight excluding hydrogens is 240 g/mol. The number of rotatable bonds is 7. The average Bonchev–Trinajstić information content (AvgIpc) is 3.00. The van der Waals surface area contributed by atoms with Crippen LogP contribution in [-0.4, -0.2) is 31.2 Å². The van der Waals surface area contributed by atoms with Crippen LogP contribution in [0.4, 0.5) is 0 Å². The van der Waals surface area contributed by atoms with Crippen LogP contribution in [-0.2, 0) is 16.6 Å². The van der Waals surface area contributed by atoms with Crippen LogP contribution in [0.25, 0.3) is 0 Å². The van der Waals surface area contributed by atoms with E-state index in [0.29, 0.717) is 24.7 Å². The number of H-pyrrole nitrogens is 1. The van der Waals surface area contributed by atoms with E-state index in [9.17, 15) is 8.42 Å². The smallest absolute Gasteiger partial charge is 0.257 e. The second kappa shape index (κ2) is 5.16. The maximum absolute atomic E-state index is 11.9. The summed E-state index contributed by atoms with van der Waals surface area (Å²) >= 11 is 0. The van der Waals surface area contributed by atoms with Crippen molar-refractivity contribution in [3.05, 3.63) is 11.8 Å². The normalized spacial score (nSPS) is 16.3. The lowest BCUT2D eigenvalue weighted by Gasteiger charge is -2.06. The van der Waals surface area contributed by atoms with Gasteiger partial charge in [-0.3, -0.25) is 5.10 Å². The van der Waals surface area contributed by atoms with E-state index in [1.54, 1.807) is 6.20 Å². The summed E-state index contributed by atoms with van der Waals surface area (Å²) in [5, 5.41) is 9.82. The fourth-order valence-electron chi connectivity index (χ4n) is 1.51. The third-order valence-corrected chi connectivity index (χ3v) is 4.12. The van der Waals surface area contributed by atoms with E-state index in [2.05, 4.69) is 20.2 Å². The molecule has 1 heterocycles. The Morgan fingerprint density at radius 1 is 1.53 bits per heavy atom. The SMILES string of the molecule is CCCNS(=O)(=O)c1[nH]ncc1CNC1CC1. The van der Waals surface area contributed by atoms with Gasteiger partial charge in [-0.05, 0) is 19.3 Å². The maximum Gasteiger partial charge on any atom is 0.257 e. The summed E-state index contributed by atoms with van der Waals surface area (Å²) in [6.07, 6.45) is 4.68. The Hall–Kier alpha value is -0.920. The molecule has 1 aromatic rings. The molecule has 1 aliphatic carbocycles. The van der Waals surface area contributed by atoms with Gasteiger partial charge in [-0.15, -0.1) is 0 Å². The first-order chi connectivity index (χ1) is 8.13. The van der Waals surface area contributed by atoms with Crippen LogP contribution in [0.3, 0.4) is 0 Å². The van der Waals surface area contributed by atoms with Crippen LogP contribution in [0.1, 0.15) is 31.7 Å². The molecule has 0 aromatic carbocycles. The molecule has 0 bridgehead atoms. The van der Waals surface area contributed by atoms with Crippen LogP contribution >= 0.6 is 0 Å². The lowest BCUT2D eigenvalue weighted by atomic mass is 10.3. The predicted molar refractivity (Wildman–Crippen MR) is 63.9 cm³/mol. The molecule has 2 rings (SSSR count). The summed E-state index contributed by atoms with van der Waals surface area (Å²) in [5.41, 5.74) is 0.695. The van der Waals surface area contributed by atoms with Crippen LogP contribution in [0.2, 0.25) is 0 Å². The Morgan fingerprint density at radius 2 is 2.29 bits per heavy atom. The fourth-order valence-corrected chi connectivity index (χ4v) is 2.77. The third-order valence-electron chi connectivity index (χ3n) is 2.65. The zero-order valence-electron chi connectivity index (χ0n) is 9.86. The van der Waals surface area contributed by atoms with Gasteiger partial charge < -0.3 is 5.32 Å². The summed E-state index contributed by atoms with van der Waals surface area (Å²) in [6, 6.07) is 0.545. The van der Waals surface area contributed by atoms with Gasteiger partial charge in [0.2, 0.25) is 0 Å². The highest BCUT2D eigenvalue weighted by Gasteiger charge is 2.23. The van der Waals surface area contributed by atoms with Crippen molar-refractivity contribution in [2.75, 3.05) is 6.54 Å². The lowest BCUT2D eigenvalue weighted by molar-refractivity contribution is 0.573.